The number of carbonyl (C=O) groups is 1. The molecule has 3 nitrogen and oxygen atoms in total. The summed E-state index contributed by atoms with van der Waals surface area (Å²) in [5, 5.41) is 6.57. The standard InChI is InChI=1S/C10H18N2O/c1-3-5-7-8-6-10(4-2,12-7)9(13)11-8/h7-8,12H,3-6H2,1-2H3,(H,11,13). The molecule has 3 unspecified atom stereocenters. The molecule has 0 radical (unpaired) electrons. The van der Waals surface area contributed by atoms with E-state index in [1.807, 2.05) is 0 Å². The van der Waals surface area contributed by atoms with Crippen LogP contribution < -0.4 is 10.6 Å². The lowest BCUT2D eigenvalue weighted by atomic mass is 9.96. The molecular formula is C10H18N2O. The van der Waals surface area contributed by atoms with Crippen LogP contribution in [0.15, 0.2) is 0 Å². The highest BCUT2D eigenvalue weighted by Crippen LogP contribution is 2.34. The Balaban J connectivity index is 2.10. The molecule has 2 heterocycles. The van der Waals surface area contributed by atoms with Gasteiger partial charge in [-0.2, -0.15) is 0 Å². The molecule has 74 valence electrons. The lowest BCUT2D eigenvalue weighted by molar-refractivity contribution is -0.126. The third-order valence-corrected chi connectivity index (χ3v) is 3.47. The molecule has 0 aromatic rings. The van der Waals surface area contributed by atoms with E-state index < -0.39 is 0 Å². The molecule has 13 heavy (non-hydrogen) atoms. The van der Waals surface area contributed by atoms with Crippen molar-refractivity contribution in [1.82, 2.24) is 10.6 Å². The monoisotopic (exact) mass is 182 g/mol. The molecular weight excluding hydrogens is 164 g/mol. The Labute approximate surface area is 79.3 Å². The predicted octanol–water partition coefficient (Wildman–Crippen LogP) is 0.796. The number of nitrogens with one attached hydrogen (secondary N) is 2. The maximum atomic E-state index is 11.6. The van der Waals surface area contributed by atoms with E-state index in [1.165, 1.54) is 12.8 Å². The molecule has 2 fully saturated rings. The van der Waals surface area contributed by atoms with E-state index in [4.69, 9.17) is 0 Å². The molecule has 0 aromatic carbocycles. The van der Waals surface area contributed by atoms with Crippen molar-refractivity contribution in [2.24, 2.45) is 0 Å². The summed E-state index contributed by atoms with van der Waals surface area (Å²) in [6.45, 7) is 4.28. The maximum Gasteiger partial charge on any atom is 0.240 e. The number of hydrogen-bond acceptors (Lipinski definition) is 2. The Morgan fingerprint density at radius 2 is 2.31 bits per heavy atom. The van der Waals surface area contributed by atoms with Crippen molar-refractivity contribution in [3.63, 3.8) is 0 Å². The third kappa shape index (κ3) is 1.17. The van der Waals surface area contributed by atoms with Gasteiger partial charge in [-0.05, 0) is 19.3 Å². The lowest BCUT2D eigenvalue weighted by Gasteiger charge is -2.30. The number of hydrogen-bond donors (Lipinski definition) is 2. The first kappa shape index (κ1) is 9.00. The number of piperazine rings is 1. The van der Waals surface area contributed by atoms with E-state index in [1.54, 1.807) is 0 Å². The van der Waals surface area contributed by atoms with Crippen molar-refractivity contribution in [2.45, 2.75) is 57.2 Å². The number of rotatable bonds is 3. The predicted molar refractivity (Wildman–Crippen MR) is 51.4 cm³/mol. The molecule has 2 aliphatic rings. The molecule has 0 saturated carbocycles. The van der Waals surface area contributed by atoms with Gasteiger partial charge in [0.1, 0.15) is 0 Å². The minimum atomic E-state index is -0.218. The number of carbonyl (C=O) groups excluding carboxylic acids is 1. The molecule has 2 rings (SSSR count). The summed E-state index contributed by atoms with van der Waals surface area (Å²) in [6, 6.07) is 0.912. The highest BCUT2D eigenvalue weighted by Gasteiger charge is 2.54. The van der Waals surface area contributed by atoms with Crippen LogP contribution in [-0.2, 0) is 4.79 Å². The van der Waals surface area contributed by atoms with Gasteiger partial charge in [-0.1, -0.05) is 20.3 Å². The van der Waals surface area contributed by atoms with Crippen molar-refractivity contribution >= 4 is 5.91 Å². The van der Waals surface area contributed by atoms with Crippen molar-refractivity contribution in [3.05, 3.63) is 0 Å². The molecule has 3 heteroatoms. The lowest BCUT2D eigenvalue weighted by Crippen LogP contribution is -2.58. The maximum absolute atomic E-state index is 11.6. The van der Waals surface area contributed by atoms with Crippen LogP contribution in [0.25, 0.3) is 0 Å². The fourth-order valence-corrected chi connectivity index (χ4v) is 2.64. The van der Waals surface area contributed by atoms with Crippen LogP contribution in [0.3, 0.4) is 0 Å². The first-order chi connectivity index (χ1) is 6.22. The van der Waals surface area contributed by atoms with Gasteiger partial charge in [-0.25, -0.2) is 0 Å². The Morgan fingerprint density at radius 3 is 2.85 bits per heavy atom. The first-order valence-electron chi connectivity index (χ1n) is 5.30. The van der Waals surface area contributed by atoms with Crippen molar-refractivity contribution in [3.8, 4) is 0 Å². The summed E-state index contributed by atoms with van der Waals surface area (Å²) >= 11 is 0. The molecule has 2 aliphatic heterocycles. The van der Waals surface area contributed by atoms with Crippen LogP contribution in [0.5, 0.6) is 0 Å². The van der Waals surface area contributed by atoms with E-state index >= 15 is 0 Å². The van der Waals surface area contributed by atoms with Gasteiger partial charge >= 0.3 is 0 Å². The van der Waals surface area contributed by atoms with Crippen molar-refractivity contribution in [2.75, 3.05) is 0 Å². The molecule has 0 spiro atoms. The minimum absolute atomic E-state index is 0.215. The molecule has 2 saturated heterocycles. The van der Waals surface area contributed by atoms with Crippen LogP contribution in [-0.4, -0.2) is 23.5 Å². The van der Waals surface area contributed by atoms with E-state index in [0.29, 0.717) is 12.1 Å². The Kier molecular flexibility index (Phi) is 2.06. The molecule has 0 aliphatic carbocycles. The minimum Gasteiger partial charge on any atom is -0.350 e. The van der Waals surface area contributed by atoms with Crippen LogP contribution >= 0.6 is 0 Å². The average molecular weight is 182 g/mol. The molecule has 3 atom stereocenters. The van der Waals surface area contributed by atoms with Crippen LogP contribution in [0.1, 0.15) is 39.5 Å². The van der Waals surface area contributed by atoms with Crippen molar-refractivity contribution in [1.29, 1.82) is 0 Å². The zero-order valence-corrected chi connectivity index (χ0v) is 8.39. The zero-order chi connectivity index (χ0) is 9.47. The van der Waals surface area contributed by atoms with Gasteiger partial charge in [0.2, 0.25) is 5.91 Å². The Hall–Kier alpha value is -0.570. The quantitative estimate of drug-likeness (QED) is 0.677. The normalized spacial score (nSPS) is 42.5. The number of fused-ring (bicyclic) bond motifs is 2. The van der Waals surface area contributed by atoms with E-state index in [-0.39, 0.29) is 11.4 Å². The Morgan fingerprint density at radius 1 is 1.54 bits per heavy atom. The zero-order valence-electron chi connectivity index (χ0n) is 8.39. The van der Waals surface area contributed by atoms with Gasteiger partial charge in [-0.15, -0.1) is 0 Å². The fourth-order valence-electron chi connectivity index (χ4n) is 2.64. The molecule has 2 N–H and O–H groups in total. The fraction of sp³-hybridized carbons (Fsp3) is 0.900. The summed E-state index contributed by atoms with van der Waals surface area (Å²) < 4.78 is 0. The summed E-state index contributed by atoms with van der Waals surface area (Å²) in [4.78, 5) is 11.6. The van der Waals surface area contributed by atoms with E-state index in [0.717, 1.165) is 12.8 Å². The number of amides is 1. The largest absolute Gasteiger partial charge is 0.350 e. The second-order valence-electron chi connectivity index (χ2n) is 4.26. The van der Waals surface area contributed by atoms with Gasteiger partial charge in [0, 0.05) is 12.1 Å². The highest BCUT2D eigenvalue weighted by atomic mass is 16.2. The summed E-state index contributed by atoms with van der Waals surface area (Å²) in [7, 11) is 0. The van der Waals surface area contributed by atoms with E-state index in [9.17, 15) is 4.79 Å². The first-order valence-corrected chi connectivity index (χ1v) is 5.30. The second-order valence-corrected chi connectivity index (χ2v) is 4.26. The van der Waals surface area contributed by atoms with Crippen LogP contribution in [0.4, 0.5) is 0 Å². The van der Waals surface area contributed by atoms with Gasteiger partial charge in [0.25, 0.3) is 0 Å². The molecule has 0 aromatic heterocycles. The topological polar surface area (TPSA) is 41.1 Å². The van der Waals surface area contributed by atoms with Gasteiger partial charge < -0.3 is 5.32 Å². The highest BCUT2D eigenvalue weighted by molar-refractivity contribution is 5.90. The molecule has 1 amide bonds. The second kappa shape index (κ2) is 2.98. The van der Waals surface area contributed by atoms with Gasteiger partial charge in [0.05, 0.1) is 5.54 Å². The third-order valence-electron chi connectivity index (χ3n) is 3.47. The van der Waals surface area contributed by atoms with Gasteiger partial charge in [0.15, 0.2) is 0 Å². The van der Waals surface area contributed by atoms with E-state index in [2.05, 4.69) is 24.5 Å². The Bertz CT molecular complexity index is 229. The average Bonchev–Trinajstić information content (AvgIpc) is 2.60. The SMILES string of the molecule is CCCC1NC2(CC)CC1NC2=O. The summed E-state index contributed by atoms with van der Waals surface area (Å²) in [5.74, 6) is 0.215. The van der Waals surface area contributed by atoms with Gasteiger partial charge in [-0.3, -0.25) is 10.1 Å². The molecule has 2 bridgehead atoms. The summed E-state index contributed by atoms with van der Waals surface area (Å²) in [6.07, 6.45) is 4.26. The van der Waals surface area contributed by atoms with Crippen LogP contribution in [0, 0.1) is 0 Å². The smallest absolute Gasteiger partial charge is 0.240 e. The van der Waals surface area contributed by atoms with Crippen LogP contribution in [0.2, 0.25) is 0 Å². The summed E-state index contributed by atoms with van der Waals surface area (Å²) in [5.41, 5.74) is -0.218. The van der Waals surface area contributed by atoms with Crippen molar-refractivity contribution < 1.29 is 4.79 Å².